The van der Waals surface area contributed by atoms with Crippen LogP contribution in [0.15, 0.2) is 23.7 Å². The minimum atomic E-state index is 0.199. The van der Waals surface area contributed by atoms with Gasteiger partial charge in [0, 0.05) is 35.0 Å². The Labute approximate surface area is 116 Å². The van der Waals surface area contributed by atoms with E-state index in [1.807, 2.05) is 22.9 Å². The molecule has 2 rings (SSSR count). The number of nitrogens with one attached hydrogen (secondary N) is 1. The highest BCUT2D eigenvalue weighted by atomic mass is 32.1. The van der Waals surface area contributed by atoms with Crippen LogP contribution < -0.4 is 5.32 Å². The van der Waals surface area contributed by atoms with Crippen molar-refractivity contribution in [1.82, 2.24) is 10.3 Å². The van der Waals surface area contributed by atoms with Crippen LogP contribution in [-0.4, -0.2) is 25.2 Å². The van der Waals surface area contributed by atoms with Gasteiger partial charge in [0.05, 0.1) is 12.6 Å². The highest BCUT2D eigenvalue weighted by Crippen LogP contribution is 2.29. The number of ether oxygens (including phenoxy) is 1. The maximum absolute atomic E-state index is 5.10. The summed E-state index contributed by atoms with van der Waals surface area (Å²) in [7, 11) is 1.72. The molecule has 0 spiro atoms. The van der Waals surface area contributed by atoms with E-state index in [1.165, 1.54) is 9.75 Å². The van der Waals surface area contributed by atoms with Gasteiger partial charge in [0.25, 0.3) is 0 Å². The molecule has 2 aromatic rings. The summed E-state index contributed by atoms with van der Waals surface area (Å²) in [5.74, 6) is 0. The first-order valence-corrected chi connectivity index (χ1v) is 7.75. The summed E-state index contributed by atoms with van der Waals surface area (Å²) in [6.45, 7) is 3.74. The zero-order chi connectivity index (χ0) is 12.8. The molecule has 1 unspecified atom stereocenters. The molecule has 0 fully saturated rings. The topological polar surface area (TPSA) is 34.1 Å². The average Bonchev–Trinajstić information content (AvgIpc) is 3.05. The fourth-order valence-electron chi connectivity index (χ4n) is 1.73. The molecule has 0 aliphatic carbocycles. The Morgan fingerprint density at radius 1 is 1.44 bits per heavy atom. The van der Waals surface area contributed by atoms with Crippen molar-refractivity contribution in [1.29, 1.82) is 0 Å². The number of hydrogen-bond donors (Lipinski definition) is 1. The summed E-state index contributed by atoms with van der Waals surface area (Å²) in [5, 5.41) is 6.65. The van der Waals surface area contributed by atoms with Crippen LogP contribution in [-0.2, 0) is 11.2 Å². The summed E-state index contributed by atoms with van der Waals surface area (Å²) in [6.07, 6.45) is 2.95. The van der Waals surface area contributed by atoms with E-state index in [9.17, 15) is 0 Å². The molecule has 0 bridgehead atoms. The fourth-order valence-corrected chi connectivity index (χ4v) is 3.57. The summed E-state index contributed by atoms with van der Waals surface area (Å²) in [5.41, 5.74) is 0. The largest absolute Gasteiger partial charge is 0.383 e. The Bertz CT molecular complexity index is 453. The van der Waals surface area contributed by atoms with Gasteiger partial charge in [0.1, 0.15) is 5.01 Å². The number of hydrogen-bond acceptors (Lipinski definition) is 5. The average molecular weight is 282 g/mol. The lowest BCUT2D eigenvalue weighted by Gasteiger charge is -2.14. The van der Waals surface area contributed by atoms with Gasteiger partial charge in [-0.05, 0) is 18.6 Å². The van der Waals surface area contributed by atoms with E-state index in [4.69, 9.17) is 4.74 Å². The number of aryl methyl sites for hydroxylation is 1. The summed E-state index contributed by atoms with van der Waals surface area (Å²) in [6, 6.07) is 4.61. The Hall–Kier alpha value is -0.750. The Morgan fingerprint density at radius 2 is 2.33 bits per heavy atom. The zero-order valence-corrected chi connectivity index (χ0v) is 12.3. The lowest BCUT2D eigenvalue weighted by molar-refractivity contribution is 0.197. The van der Waals surface area contributed by atoms with Crippen LogP contribution in [0.25, 0.3) is 0 Å². The fraction of sp³-hybridized carbons (Fsp3) is 0.462. The maximum atomic E-state index is 5.10. The molecule has 0 saturated carbocycles. The van der Waals surface area contributed by atoms with E-state index < -0.39 is 0 Å². The predicted molar refractivity (Wildman–Crippen MR) is 77.5 cm³/mol. The van der Waals surface area contributed by atoms with E-state index in [2.05, 4.69) is 29.4 Å². The first-order chi connectivity index (χ1) is 8.85. The quantitative estimate of drug-likeness (QED) is 0.792. The number of thiophene rings is 1. The lowest BCUT2D eigenvalue weighted by atomic mass is 10.2. The van der Waals surface area contributed by atoms with Crippen molar-refractivity contribution >= 4 is 22.7 Å². The molecule has 3 nitrogen and oxygen atoms in total. The maximum Gasteiger partial charge on any atom is 0.115 e. The van der Waals surface area contributed by atoms with Gasteiger partial charge < -0.3 is 10.1 Å². The van der Waals surface area contributed by atoms with E-state index in [1.54, 1.807) is 18.4 Å². The van der Waals surface area contributed by atoms with Crippen molar-refractivity contribution in [2.75, 3.05) is 20.3 Å². The highest BCUT2D eigenvalue weighted by molar-refractivity contribution is 7.12. The molecule has 5 heteroatoms. The van der Waals surface area contributed by atoms with Gasteiger partial charge in [-0.2, -0.15) is 0 Å². The molecule has 2 aromatic heterocycles. The van der Waals surface area contributed by atoms with E-state index in [0.29, 0.717) is 6.61 Å². The molecular weight excluding hydrogens is 264 g/mol. The van der Waals surface area contributed by atoms with Gasteiger partial charge in [0.15, 0.2) is 0 Å². The van der Waals surface area contributed by atoms with Crippen LogP contribution in [0.2, 0.25) is 0 Å². The van der Waals surface area contributed by atoms with Crippen LogP contribution in [0.4, 0.5) is 0 Å². The Balaban J connectivity index is 2.13. The van der Waals surface area contributed by atoms with Gasteiger partial charge in [-0.1, -0.05) is 6.92 Å². The highest BCUT2D eigenvalue weighted by Gasteiger charge is 2.17. The van der Waals surface area contributed by atoms with Crippen LogP contribution >= 0.6 is 22.7 Å². The van der Waals surface area contributed by atoms with Crippen molar-refractivity contribution in [3.63, 3.8) is 0 Å². The first kappa shape index (κ1) is 13.7. The molecule has 0 saturated heterocycles. The number of nitrogens with zero attached hydrogens (tertiary/aromatic N) is 1. The van der Waals surface area contributed by atoms with E-state index in [-0.39, 0.29) is 6.04 Å². The molecule has 98 valence electrons. The zero-order valence-electron chi connectivity index (χ0n) is 10.7. The van der Waals surface area contributed by atoms with Crippen LogP contribution in [0.3, 0.4) is 0 Å². The number of aromatic nitrogens is 1. The standard InChI is InChI=1S/C13H18N2OS2/c1-3-10-4-5-11(18-10)12(14-6-8-16-2)13-15-7-9-17-13/h4-5,7,9,12,14H,3,6,8H2,1-2H3. The van der Waals surface area contributed by atoms with Crippen LogP contribution in [0.5, 0.6) is 0 Å². The van der Waals surface area contributed by atoms with E-state index in [0.717, 1.165) is 18.0 Å². The monoisotopic (exact) mass is 282 g/mol. The number of methoxy groups -OCH3 is 1. The smallest absolute Gasteiger partial charge is 0.115 e. The molecular formula is C13H18N2OS2. The van der Waals surface area contributed by atoms with Gasteiger partial charge in [-0.15, -0.1) is 22.7 Å². The molecule has 0 radical (unpaired) electrons. The summed E-state index contributed by atoms with van der Waals surface area (Å²) < 4.78 is 5.10. The van der Waals surface area contributed by atoms with Gasteiger partial charge in [0.2, 0.25) is 0 Å². The summed E-state index contributed by atoms with van der Waals surface area (Å²) >= 11 is 3.55. The van der Waals surface area contributed by atoms with Crippen molar-refractivity contribution in [2.24, 2.45) is 0 Å². The van der Waals surface area contributed by atoms with Crippen molar-refractivity contribution in [3.8, 4) is 0 Å². The second-order valence-corrected chi connectivity index (χ2v) is 6.03. The molecule has 0 amide bonds. The summed E-state index contributed by atoms with van der Waals surface area (Å²) in [4.78, 5) is 7.18. The SMILES string of the molecule is CCc1ccc(C(NCCOC)c2nccs2)s1. The predicted octanol–water partition coefficient (Wildman–Crippen LogP) is 3.09. The lowest BCUT2D eigenvalue weighted by Crippen LogP contribution is -2.25. The third kappa shape index (κ3) is 3.38. The second-order valence-electron chi connectivity index (χ2n) is 3.91. The molecule has 2 heterocycles. The van der Waals surface area contributed by atoms with Gasteiger partial charge in [-0.3, -0.25) is 0 Å². The minimum Gasteiger partial charge on any atom is -0.383 e. The molecule has 1 N–H and O–H groups in total. The van der Waals surface area contributed by atoms with Gasteiger partial charge in [-0.25, -0.2) is 4.98 Å². The first-order valence-electron chi connectivity index (χ1n) is 6.05. The van der Waals surface area contributed by atoms with Crippen LogP contribution in [0.1, 0.15) is 27.7 Å². The Kier molecular flexibility index (Phi) is 5.31. The second kappa shape index (κ2) is 6.99. The molecule has 18 heavy (non-hydrogen) atoms. The number of rotatable bonds is 7. The molecule has 0 aliphatic rings. The van der Waals surface area contributed by atoms with Crippen molar-refractivity contribution < 1.29 is 4.74 Å². The van der Waals surface area contributed by atoms with E-state index >= 15 is 0 Å². The van der Waals surface area contributed by atoms with Crippen molar-refractivity contribution in [2.45, 2.75) is 19.4 Å². The van der Waals surface area contributed by atoms with Gasteiger partial charge >= 0.3 is 0 Å². The molecule has 0 aliphatic heterocycles. The minimum absolute atomic E-state index is 0.199. The van der Waals surface area contributed by atoms with Crippen molar-refractivity contribution in [3.05, 3.63) is 38.5 Å². The van der Waals surface area contributed by atoms with Crippen LogP contribution in [0, 0.1) is 0 Å². The molecule has 1 atom stereocenters. The Morgan fingerprint density at radius 3 is 2.94 bits per heavy atom. The normalized spacial score (nSPS) is 12.8. The third-order valence-electron chi connectivity index (χ3n) is 2.67. The third-order valence-corrected chi connectivity index (χ3v) is 4.80. The molecule has 0 aromatic carbocycles. The number of thiazole rings is 1.